The third kappa shape index (κ3) is 7.60. The molecule has 0 spiro atoms. The van der Waals surface area contributed by atoms with E-state index in [0.29, 0.717) is 11.4 Å². The fraction of sp³-hybridized carbons (Fsp3) is 0.207. The van der Waals surface area contributed by atoms with E-state index in [4.69, 9.17) is 9.97 Å². The van der Waals surface area contributed by atoms with Crippen molar-refractivity contribution in [2.75, 3.05) is 0 Å². The van der Waals surface area contributed by atoms with Gasteiger partial charge >= 0.3 is 0 Å². The van der Waals surface area contributed by atoms with Gasteiger partial charge in [0.2, 0.25) is 0 Å². The number of nitrogens with zero attached hydrogens (tertiary/aromatic N) is 3. The summed E-state index contributed by atoms with van der Waals surface area (Å²) in [6.07, 6.45) is 0. The molecule has 0 aliphatic rings. The van der Waals surface area contributed by atoms with Gasteiger partial charge < -0.3 is 5.11 Å². The molecule has 0 saturated carbocycles. The van der Waals surface area contributed by atoms with Crippen molar-refractivity contribution in [3.8, 4) is 67.5 Å². The lowest BCUT2D eigenvalue weighted by atomic mass is 9.79. The van der Waals surface area contributed by atoms with Gasteiger partial charge in [0.05, 0.1) is 33.5 Å². The highest BCUT2D eigenvalue weighted by atomic mass is 16.3. The van der Waals surface area contributed by atoms with Crippen LogP contribution in [0.5, 0.6) is 5.75 Å². The second-order valence-electron chi connectivity index (χ2n) is 19.8. The van der Waals surface area contributed by atoms with Gasteiger partial charge in [0.25, 0.3) is 0 Å². The summed E-state index contributed by atoms with van der Waals surface area (Å²) in [6, 6.07) is 58.1. The van der Waals surface area contributed by atoms with Crippen molar-refractivity contribution in [3.63, 3.8) is 0 Å². The van der Waals surface area contributed by atoms with Gasteiger partial charge in [0.15, 0.2) is 0 Å². The Kier molecular flexibility index (Phi) is 10.0. The van der Waals surface area contributed by atoms with Crippen molar-refractivity contribution in [2.24, 2.45) is 0 Å². The topological polar surface area (TPSA) is 50.9 Å². The molecule has 2 aromatic heterocycles. The monoisotopic (exact) mass is 809 g/mol. The summed E-state index contributed by atoms with van der Waals surface area (Å²) in [6.45, 7) is 20.0. The van der Waals surface area contributed by atoms with Crippen molar-refractivity contribution in [3.05, 3.63) is 180 Å². The predicted octanol–water partition coefficient (Wildman–Crippen LogP) is 15.5. The number of pyridine rings is 1. The lowest BCUT2D eigenvalue weighted by Gasteiger charge is -2.27. The average Bonchev–Trinajstić information content (AvgIpc) is 3.65. The Hall–Kier alpha value is -6.78. The molecule has 0 unspecified atom stereocenters. The van der Waals surface area contributed by atoms with E-state index >= 15 is 0 Å². The third-order valence-electron chi connectivity index (χ3n) is 12.1. The van der Waals surface area contributed by atoms with Gasteiger partial charge in [-0.3, -0.25) is 4.57 Å². The van der Waals surface area contributed by atoms with Crippen LogP contribution in [0.15, 0.2) is 164 Å². The Morgan fingerprint density at radius 1 is 0.435 bits per heavy atom. The summed E-state index contributed by atoms with van der Waals surface area (Å²) in [5, 5.41) is 13.7. The van der Waals surface area contributed by atoms with Crippen molar-refractivity contribution in [1.82, 2.24) is 14.5 Å². The minimum Gasteiger partial charge on any atom is -0.507 e. The minimum absolute atomic E-state index is 0.131. The SMILES string of the molecule is CC(C)(C)c1cc(-c2ccc3ccccc3n2)cc(-c2cccc3c2nc(-c2cc(C(C)(C)C)cc(C(C)(C)C)c2O)n3-c2ccc(-c3ccccc3)cc2-c2ccccc2)c1. The zero-order valence-corrected chi connectivity index (χ0v) is 37.4. The van der Waals surface area contributed by atoms with E-state index in [2.05, 4.69) is 225 Å². The zero-order valence-electron chi connectivity index (χ0n) is 37.4. The van der Waals surface area contributed by atoms with Crippen LogP contribution in [0.25, 0.3) is 83.6 Å². The zero-order chi connectivity index (χ0) is 43.6. The molecule has 1 N–H and O–H groups in total. The predicted molar refractivity (Wildman–Crippen MR) is 261 cm³/mol. The molecule has 2 heterocycles. The summed E-state index contributed by atoms with van der Waals surface area (Å²) < 4.78 is 2.28. The first-order chi connectivity index (χ1) is 29.5. The van der Waals surface area contributed by atoms with E-state index in [1.807, 2.05) is 6.07 Å². The summed E-state index contributed by atoms with van der Waals surface area (Å²) in [4.78, 5) is 10.8. The number of benzene rings is 7. The van der Waals surface area contributed by atoms with Crippen molar-refractivity contribution < 1.29 is 5.11 Å². The van der Waals surface area contributed by atoms with Crippen LogP contribution in [-0.4, -0.2) is 19.6 Å². The van der Waals surface area contributed by atoms with Crippen LogP contribution in [-0.2, 0) is 16.2 Å². The highest BCUT2D eigenvalue weighted by Gasteiger charge is 2.29. The van der Waals surface area contributed by atoms with Crippen LogP contribution in [0.2, 0.25) is 0 Å². The molecule has 0 radical (unpaired) electrons. The quantitative estimate of drug-likeness (QED) is 0.182. The summed E-state index contributed by atoms with van der Waals surface area (Å²) >= 11 is 0. The number of phenolic OH excluding ortho intramolecular Hbond substituents is 1. The molecule has 4 heteroatoms. The lowest BCUT2D eigenvalue weighted by molar-refractivity contribution is 0.446. The number of hydrogen-bond donors (Lipinski definition) is 1. The number of imidazole rings is 1. The van der Waals surface area contributed by atoms with Gasteiger partial charge in [-0.15, -0.1) is 0 Å². The van der Waals surface area contributed by atoms with Gasteiger partial charge in [0.1, 0.15) is 11.6 Å². The number of phenols is 1. The molecule has 0 bridgehead atoms. The first-order valence-corrected chi connectivity index (χ1v) is 21.7. The van der Waals surface area contributed by atoms with E-state index in [0.717, 1.165) is 83.4 Å². The number of fused-ring (bicyclic) bond motifs is 2. The fourth-order valence-electron chi connectivity index (χ4n) is 8.55. The molecule has 4 nitrogen and oxygen atoms in total. The smallest absolute Gasteiger partial charge is 0.149 e. The molecule has 0 fully saturated rings. The Morgan fingerprint density at radius 2 is 1.08 bits per heavy atom. The van der Waals surface area contributed by atoms with Crippen LogP contribution < -0.4 is 0 Å². The van der Waals surface area contributed by atoms with Gasteiger partial charge in [-0.2, -0.15) is 0 Å². The average molecular weight is 810 g/mol. The summed E-state index contributed by atoms with van der Waals surface area (Å²) in [7, 11) is 0. The molecule has 0 amide bonds. The maximum absolute atomic E-state index is 12.5. The third-order valence-corrected chi connectivity index (χ3v) is 12.1. The summed E-state index contributed by atoms with van der Waals surface area (Å²) in [5.74, 6) is 0.944. The van der Waals surface area contributed by atoms with Gasteiger partial charge in [-0.1, -0.05) is 178 Å². The van der Waals surface area contributed by atoms with E-state index < -0.39 is 0 Å². The Labute approximate surface area is 366 Å². The van der Waals surface area contributed by atoms with E-state index in [1.54, 1.807) is 0 Å². The molecular weight excluding hydrogens is 755 g/mol. The van der Waals surface area contributed by atoms with Crippen LogP contribution in [0.1, 0.15) is 79.0 Å². The molecule has 7 aromatic carbocycles. The standard InChI is InChI=1S/C58H55N3O/c1-56(2,3)43-32-41(31-42(33-43)50-29-27-39-23-16-17-25-49(39)59-50)45-24-18-26-52-53(45)60-55(47-35-44(57(4,5)6)36-48(54(47)62)58(7,8)9)61(52)51-30-28-40(37-19-12-10-13-20-37)34-46(51)38-21-14-11-15-22-38/h10-36,62H,1-9H3. The van der Waals surface area contributed by atoms with Crippen LogP contribution in [0.3, 0.4) is 0 Å². The number of aromatic nitrogens is 3. The molecule has 62 heavy (non-hydrogen) atoms. The second-order valence-corrected chi connectivity index (χ2v) is 19.8. The van der Waals surface area contributed by atoms with Gasteiger partial charge in [0, 0.05) is 27.6 Å². The van der Waals surface area contributed by atoms with Crippen LogP contribution >= 0.6 is 0 Å². The van der Waals surface area contributed by atoms with E-state index in [-0.39, 0.29) is 22.0 Å². The van der Waals surface area contributed by atoms with Gasteiger partial charge in [-0.25, -0.2) is 9.97 Å². The highest BCUT2D eigenvalue weighted by molar-refractivity contribution is 5.98. The largest absolute Gasteiger partial charge is 0.507 e. The lowest BCUT2D eigenvalue weighted by Crippen LogP contribution is -2.17. The fourth-order valence-corrected chi connectivity index (χ4v) is 8.55. The molecule has 0 atom stereocenters. The highest BCUT2D eigenvalue weighted by Crippen LogP contribution is 2.46. The molecule has 9 aromatic rings. The normalized spacial score (nSPS) is 12.3. The Balaban J connectivity index is 1.38. The number of hydrogen-bond acceptors (Lipinski definition) is 3. The molecule has 0 saturated heterocycles. The first kappa shape index (κ1) is 40.6. The molecule has 0 aliphatic heterocycles. The van der Waals surface area contributed by atoms with Crippen LogP contribution in [0.4, 0.5) is 0 Å². The van der Waals surface area contributed by atoms with Crippen LogP contribution in [0, 0.1) is 0 Å². The Morgan fingerprint density at radius 3 is 1.77 bits per heavy atom. The molecular formula is C58H55N3O. The number of rotatable bonds is 6. The molecule has 0 aliphatic carbocycles. The minimum atomic E-state index is -0.324. The van der Waals surface area contributed by atoms with Gasteiger partial charge in [-0.05, 0) is 98.2 Å². The number of para-hydroxylation sites is 2. The van der Waals surface area contributed by atoms with E-state index in [9.17, 15) is 5.11 Å². The number of aromatic hydroxyl groups is 1. The Bertz CT molecular complexity index is 3120. The summed E-state index contributed by atoms with van der Waals surface area (Å²) in [5.41, 5.74) is 15.6. The first-order valence-electron chi connectivity index (χ1n) is 21.7. The maximum Gasteiger partial charge on any atom is 0.149 e. The molecule has 9 rings (SSSR count). The molecule has 308 valence electrons. The second kappa shape index (κ2) is 15.3. The van der Waals surface area contributed by atoms with Crippen molar-refractivity contribution in [1.29, 1.82) is 0 Å². The van der Waals surface area contributed by atoms with Crippen molar-refractivity contribution in [2.45, 2.75) is 78.6 Å². The maximum atomic E-state index is 12.5. The van der Waals surface area contributed by atoms with Crippen molar-refractivity contribution >= 4 is 21.9 Å². The van der Waals surface area contributed by atoms with E-state index in [1.165, 1.54) is 5.56 Å².